The third-order valence-electron chi connectivity index (χ3n) is 0.999. The van der Waals surface area contributed by atoms with Crippen LogP contribution in [0.2, 0.25) is 0 Å². The molecule has 0 rings (SSSR count). The van der Waals surface area contributed by atoms with Crippen molar-refractivity contribution in [2.24, 2.45) is 0 Å². The highest BCUT2D eigenvalue weighted by Gasteiger charge is 2.13. The summed E-state index contributed by atoms with van der Waals surface area (Å²) in [5, 5.41) is 8.55. The SMILES string of the molecule is CCOC(=O)C(C#N)=C(S)SC. The van der Waals surface area contributed by atoms with Crippen LogP contribution in [0.5, 0.6) is 0 Å². The van der Waals surface area contributed by atoms with Crippen molar-refractivity contribution in [1.82, 2.24) is 0 Å². The average molecular weight is 203 g/mol. The molecule has 0 amide bonds. The molecule has 0 spiro atoms. The van der Waals surface area contributed by atoms with Crippen molar-refractivity contribution < 1.29 is 9.53 Å². The minimum atomic E-state index is -0.612. The molecule has 0 aromatic rings. The lowest BCUT2D eigenvalue weighted by atomic mass is 10.3. The van der Waals surface area contributed by atoms with Gasteiger partial charge in [0.15, 0.2) is 5.57 Å². The molecule has 0 heterocycles. The van der Waals surface area contributed by atoms with E-state index in [9.17, 15) is 4.79 Å². The number of nitrogens with zero attached hydrogens (tertiary/aromatic N) is 1. The Bertz CT molecular complexity index is 242. The number of hydrogen-bond donors (Lipinski definition) is 1. The lowest BCUT2D eigenvalue weighted by molar-refractivity contribution is -0.138. The van der Waals surface area contributed by atoms with E-state index in [0.717, 1.165) is 0 Å². The molecular weight excluding hydrogens is 194 g/mol. The van der Waals surface area contributed by atoms with Crippen LogP contribution in [-0.2, 0) is 9.53 Å². The quantitative estimate of drug-likeness (QED) is 0.327. The summed E-state index contributed by atoms with van der Waals surface area (Å²) in [6, 6.07) is 1.75. The van der Waals surface area contributed by atoms with Gasteiger partial charge >= 0.3 is 5.97 Å². The zero-order valence-corrected chi connectivity index (χ0v) is 8.54. The molecule has 0 atom stereocenters. The normalized spacial score (nSPS) is 11.5. The Labute approximate surface area is 81.2 Å². The van der Waals surface area contributed by atoms with Gasteiger partial charge < -0.3 is 4.74 Å². The van der Waals surface area contributed by atoms with Gasteiger partial charge in [0.25, 0.3) is 0 Å². The van der Waals surface area contributed by atoms with E-state index < -0.39 is 5.97 Å². The number of carbonyl (C=O) groups is 1. The topological polar surface area (TPSA) is 50.1 Å². The summed E-state index contributed by atoms with van der Waals surface area (Å²) < 4.78 is 5.02. The van der Waals surface area contributed by atoms with E-state index in [1.165, 1.54) is 11.8 Å². The first kappa shape index (κ1) is 11.4. The van der Waals surface area contributed by atoms with Gasteiger partial charge in [-0.25, -0.2) is 4.79 Å². The second-order valence-corrected chi connectivity index (χ2v) is 3.28. The minimum Gasteiger partial charge on any atom is -0.462 e. The first-order chi connectivity index (χ1) is 5.67. The third-order valence-corrected chi connectivity index (χ3v) is 2.36. The van der Waals surface area contributed by atoms with Crippen LogP contribution < -0.4 is 0 Å². The molecular formula is C7H9NO2S2. The lowest BCUT2D eigenvalue weighted by Crippen LogP contribution is -2.06. The Balaban J connectivity index is 4.59. The Morgan fingerprint density at radius 2 is 2.33 bits per heavy atom. The predicted molar refractivity (Wildman–Crippen MR) is 51.8 cm³/mol. The molecule has 0 aliphatic carbocycles. The van der Waals surface area contributed by atoms with E-state index >= 15 is 0 Å². The third kappa shape index (κ3) is 3.20. The van der Waals surface area contributed by atoms with Crippen molar-refractivity contribution in [3.05, 3.63) is 9.81 Å². The molecule has 5 heteroatoms. The first-order valence-electron chi connectivity index (χ1n) is 3.21. The van der Waals surface area contributed by atoms with Crippen LogP contribution in [0.15, 0.2) is 9.81 Å². The van der Waals surface area contributed by atoms with Crippen LogP contribution in [-0.4, -0.2) is 18.8 Å². The van der Waals surface area contributed by atoms with Gasteiger partial charge in [-0.2, -0.15) is 5.26 Å². The Hall–Kier alpha value is -0.600. The standard InChI is InChI=1S/C7H9NO2S2/c1-3-10-6(9)5(4-8)7(11)12-2/h11H,3H2,1-2H3. The van der Waals surface area contributed by atoms with Gasteiger partial charge in [-0.3, -0.25) is 0 Å². The van der Waals surface area contributed by atoms with Gasteiger partial charge in [0.2, 0.25) is 0 Å². The van der Waals surface area contributed by atoms with E-state index in [4.69, 9.17) is 5.26 Å². The minimum absolute atomic E-state index is 0.0346. The molecule has 66 valence electrons. The van der Waals surface area contributed by atoms with E-state index in [0.29, 0.717) is 4.24 Å². The van der Waals surface area contributed by atoms with Crippen LogP contribution in [0.1, 0.15) is 6.92 Å². The molecule has 0 aromatic heterocycles. The molecule has 0 fully saturated rings. The number of hydrogen-bond acceptors (Lipinski definition) is 5. The van der Waals surface area contributed by atoms with Crippen molar-refractivity contribution in [1.29, 1.82) is 5.26 Å². The van der Waals surface area contributed by atoms with Crippen molar-refractivity contribution in [2.75, 3.05) is 12.9 Å². The fraction of sp³-hybridized carbons (Fsp3) is 0.429. The fourth-order valence-corrected chi connectivity index (χ4v) is 0.960. The number of thioether (sulfide) groups is 1. The molecule has 0 saturated heterocycles. The van der Waals surface area contributed by atoms with Crippen molar-refractivity contribution in [2.45, 2.75) is 6.92 Å². The van der Waals surface area contributed by atoms with Crippen LogP contribution in [0.25, 0.3) is 0 Å². The second kappa shape index (κ2) is 5.98. The van der Waals surface area contributed by atoms with E-state index in [1.54, 1.807) is 19.2 Å². The predicted octanol–water partition coefficient (Wildman–Crippen LogP) is 1.58. The molecule has 0 bridgehead atoms. The van der Waals surface area contributed by atoms with E-state index in [1.807, 2.05) is 0 Å². The first-order valence-corrected chi connectivity index (χ1v) is 4.89. The van der Waals surface area contributed by atoms with Gasteiger partial charge in [0.1, 0.15) is 6.07 Å². The molecule has 3 nitrogen and oxygen atoms in total. The molecule has 0 radical (unpaired) electrons. The molecule has 0 N–H and O–H groups in total. The highest BCUT2D eigenvalue weighted by molar-refractivity contribution is 8.15. The van der Waals surface area contributed by atoms with Gasteiger partial charge in [0.05, 0.1) is 10.8 Å². The molecule has 0 aliphatic heterocycles. The summed E-state index contributed by atoms with van der Waals surface area (Å²) in [6.07, 6.45) is 1.74. The van der Waals surface area contributed by atoms with Gasteiger partial charge in [-0.15, -0.1) is 24.4 Å². The largest absolute Gasteiger partial charge is 0.462 e. The van der Waals surface area contributed by atoms with E-state index in [-0.39, 0.29) is 12.2 Å². The number of thiol groups is 1. The van der Waals surface area contributed by atoms with Crippen molar-refractivity contribution in [3.8, 4) is 6.07 Å². The second-order valence-electron chi connectivity index (χ2n) is 1.72. The maximum atomic E-state index is 11.0. The number of rotatable bonds is 3. The molecule has 0 aliphatic rings. The van der Waals surface area contributed by atoms with Gasteiger partial charge in [-0.05, 0) is 13.2 Å². The fourth-order valence-electron chi connectivity index (χ4n) is 0.486. The lowest BCUT2D eigenvalue weighted by Gasteiger charge is -2.00. The summed E-state index contributed by atoms with van der Waals surface area (Å²) in [6.45, 7) is 1.95. The number of carbonyl (C=O) groups excluding carboxylic acids is 1. The molecule has 0 aromatic carbocycles. The van der Waals surface area contributed by atoms with Gasteiger partial charge in [-0.1, -0.05) is 0 Å². The summed E-state index contributed by atoms with van der Waals surface area (Å²) >= 11 is 5.19. The molecule has 0 saturated carbocycles. The summed E-state index contributed by atoms with van der Waals surface area (Å²) in [5.41, 5.74) is -0.0346. The zero-order chi connectivity index (χ0) is 9.56. The Kier molecular flexibility index (Phi) is 5.68. The van der Waals surface area contributed by atoms with Gasteiger partial charge in [0, 0.05) is 0 Å². The monoisotopic (exact) mass is 203 g/mol. The number of ether oxygens (including phenoxy) is 1. The average Bonchev–Trinajstić information content (AvgIpc) is 2.06. The number of nitriles is 1. The highest BCUT2D eigenvalue weighted by Crippen LogP contribution is 2.20. The Morgan fingerprint density at radius 3 is 2.67 bits per heavy atom. The smallest absolute Gasteiger partial charge is 0.350 e. The maximum Gasteiger partial charge on any atom is 0.350 e. The van der Waals surface area contributed by atoms with Crippen molar-refractivity contribution in [3.63, 3.8) is 0 Å². The van der Waals surface area contributed by atoms with Crippen LogP contribution >= 0.6 is 24.4 Å². The zero-order valence-electron chi connectivity index (χ0n) is 6.83. The Morgan fingerprint density at radius 1 is 1.75 bits per heavy atom. The van der Waals surface area contributed by atoms with E-state index in [2.05, 4.69) is 17.4 Å². The summed E-state index contributed by atoms with van der Waals surface area (Å²) in [4.78, 5) is 11.0. The van der Waals surface area contributed by atoms with Crippen LogP contribution in [0.3, 0.4) is 0 Å². The number of esters is 1. The van der Waals surface area contributed by atoms with Crippen LogP contribution in [0.4, 0.5) is 0 Å². The summed E-state index contributed by atoms with van der Waals surface area (Å²) in [7, 11) is 0. The van der Waals surface area contributed by atoms with Crippen LogP contribution in [0, 0.1) is 11.3 Å². The molecule has 0 unspecified atom stereocenters. The van der Waals surface area contributed by atoms with Crippen molar-refractivity contribution >= 4 is 30.4 Å². The molecule has 12 heavy (non-hydrogen) atoms. The highest BCUT2D eigenvalue weighted by atomic mass is 32.2. The maximum absolute atomic E-state index is 11.0. The summed E-state index contributed by atoms with van der Waals surface area (Å²) in [5.74, 6) is -0.612.